The maximum absolute atomic E-state index is 12.7. The Bertz CT molecular complexity index is 1140. The van der Waals surface area contributed by atoms with Gasteiger partial charge in [-0.2, -0.15) is 0 Å². The van der Waals surface area contributed by atoms with Gasteiger partial charge in [-0.05, 0) is 24.0 Å². The Labute approximate surface area is 190 Å². The molecule has 9 nitrogen and oxygen atoms in total. The second-order valence-corrected chi connectivity index (χ2v) is 6.26. The minimum Gasteiger partial charge on any atom is -0.493 e. The van der Waals surface area contributed by atoms with E-state index in [0.29, 0.717) is 0 Å². The van der Waals surface area contributed by atoms with E-state index in [9.17, 15) is 19.2 Å². The lowest BCUT2D eigenvalue weighted by molar-refractivity contribution is -0.123. The van der Waals surface area contributed by atoms with Gasteiger partial charge in [0.1, 0.15) is 6.61 Å². The fourth-order valence-electron chi connectivity index (χ4n) is 2.73. The van der Waals surface area contributed by atoms with Crippen LogP contribution in [0.5, 0.6) is 11.5 Å². The molecular weight excluding hydrogens is 428 g/mol. The Morgan fingerprint density at radius 1 is 1.00 bits per heavy atom. The Morgan fingerprint density at radius 3 is 2.27 bits per heavy atom. The molecule has 0 radical (unpaired) electrons. The zero-order chi connectivity index (χ0) is 24.4. The maximum Gasteiger partial charge on any atom is 0.340 e. The number of anilines is 1. The van der Waals surface area contributed by atoms with Gasteiger partial charge in [0.25, 0.3) is 11.8 Å². The standard InChI is InChI=1S/C24H20N2O7/c1-5-21(27)25-18-15-19(31-3)20(14-17(18)24(30)32-4)33-13-12-26(22(28)6-2)23(29)16-10-8-7-9-11-16/h1-2,7-11,14-15H,12-13H2,3-4H3,(H,25,27). The van der Waals surface area contributed by atoms with E-state index in [0.717, 1.165) is 4.90 Å². The number of ether oxygens (including phenoxy) is 3. The van der Waals surface area contributed by atoms with Crippen LogP contribution in [-0.4, -0.2) is 56.0 Å². The molecule has 2 rings (SSSR count). The van der Waals surface area contributed by atoms with E-state index < -0.39 is 23.7 Å². The van der Waals surface area contributed by atoms with Crippen LogP contribution in [0, 0.1) is 24.7 Å². The quantitative estimate of drug-likeness (QED) is 0.484. The summed E-state index contributed by atoms with van der Waals surface area (Å²) in [4.78, 5) is 49.4. The number of carbonyl (C=O) groups is 4. The van der Waals surface area contributed by atoms with Crippen LogP contribution >= 0.6 is 0 Å². The molecule has 0 atom stereocenters. The molecule has 2 aromatic rings. The van der Waals surface area contributed by atoms with Crippen LogP contribution in [0.1, 0.15) is 20.7 Å². The monoisotopic (exact) mass is 448 g/mol. The highest BCUT2D eigenvalue weighted by atomic mass is 16.5. The fraction of sp³-hybridized carbons (Fsp3) is 0.167. The number of carbonyl (C=O) groups excluding carboxylic acids is 4. The fourth-order valence-corrected chi connectivity index (χ4v) is 2.73. The zero-order valence-electron chi connectivity index (χ0n) is 17.9. The summed E-state index contributed by atoms with van der Waals surface area (Å²) >= 11 is 0. The van der Waals surface area contributed by atoms with Crippen LogP contribution in [0.25, 0.3) is 0 Å². The van der Waals surface area contributed by atoms with E-state index in [2.05, 4.69) is 5.32 Å². The molecule has 0 spiro atoms. The third kappa shape index (κ3) is 6.12. The molecule has 0 aliphatic rings. The third-order valence-electron chi connectivity index (χ3n) is 4.30. The largest absolute Gasteiger partial charge is 0.493 e. The van der Waals surface area contributed by atoms with Crippen molar-refractivity contribution < 1.29 is 33.4 Å². The lowest BCUT2D eigenvalue weighted by atomic mass is 10.1. The molecule has 0 fully saturated rings. The molecule has 9 heteroatoms. The van der Waals surface area contributed by atoms with Crippen LogP contribution in [0.2, 0.25) is 0 Å². The number of rotatable bonds is 8. The van der Waals surface area contributed by atoms with Gasteiger partial charge in [0.2, 0.25) is 0 Å². The number of benzene rings is 2. The highest BCUT2D eigenvalue weighted by Crippen LogP contribution is 2.34. The van der Waals surface area contributed by atoms with Crippen LogP contribution < -0.4 is 14.8 Å². The molecule has 0 saturated heterocycles. The second kappa shape index (κ2) is 11.6. The predicted molar refractivity (Wildman–Crippen MR) is 119 cm³/mol. The average Bonchev–Trinajstić information content (AvgIpc) is 2.85. The minimum absolute atomic E-state index is 0.0474. The van der Waals surface area contributed by atoms with Crippen LogP contribution in [0.15, 0.2) is 42.5 Å². The molecule has 0 saturated carbocycles. The first-order valence-electron chi connectivity index (χ1n) is 9.44. The Hall–Kier alpha value is -4.76. The number of methoxy groups -OCH3 is 2. The van der Waals surface area contributed by atoms with Crippen molar-refractivity contribution in [1.29, 1.82) is 0 Å². The van der Waals surface area contributed by atoms with Gasteiger partial charge in [-0.15, -0.1) is 12.8 Å². The van der Waals surface area contributed by atoms with Gasteiger partial charge in [0.15, 0.2) is 11.5 Å². The lowest BCUT2D eigenvalue weighted by Crippen LogP contribution is -2.39. The van der Waals surface area contributed by atoms with Crippen molar-refractivity contribution in [3.63, 3.8) is 0 Å². The highest BCUT2D eigenvalue weighted by Gasteiger charge is 2.23. The Morgan fingerprint density at radius 2 is 1.70 bits per heavy atom. The molecule has 2 aromatic carbocycles. The first kappa shape index (κ1) is 24.5. The van der Waals surface area contributed by atoms with Crippen molar-refractivity contribution in [2.75, 3.05) is 32.7 Å². The molecule has 33 heavy (non-hydrogen) atoms. The Balaban J connectivity index is 2.28. The smallest absolute Gasteiger partial charge is 0.340 e. The minimum atomic E-state index is -0.831. The number of terminal acetylenes is 2. The van der Waals surface area contributed by atoms with E-state index in [1.165, 1.54) is 26.4 Å². The molecule has 0 aliphatic heterocycles. The molecule has 3 amide bonds. The summed E-state index contributed by atoms with van der Waals surface area (Å²) < 4.78 is 15.6. The Kier molecular flexibility index (Phi) is 8.60. The van der Waals surface area contributed by atoms with Crippen molar-refractivity contribution in [1.82, 2.24) is 4.90 Å². The lowest BCUT2D eigenvalue weighted by Gasteiger charge is -2.20. The highest BCUT2D eigenvalue weighted by molar-refractivity contribution is 6.10. The molecular formula is C24H20N2O7. The number of esters is 1. The van der Waals surface area contributed by atoms with Crippen molar-refractivity contribution >= 4 is 29.4 Å². The zero-order valence-corrected chi connectivity index (χ0v) is 17.9. The molecule has 0 heterocycles. The molecule has 0 aromatic heterocycles. The topological polar surface area (TPSA) is 111 Å². The van der Waals surface area contributed by atoms with Gasteiger partial charge in [0.05, 0.1) is 32.0 Å². The molecule has 1 N–H and O–H groups in total. The van der Waals surface area contributed by atoms with Gasteiger partial charge in [-0.1, -0.05) is 18.2 Å². The van der Waals surface area contributed by atoms with E-state index in [4.69, 9.17) is 27.1 Å². The number of nitrogens with zero attached hydrogens (tertiary/aromatic N) is 1. The van der Waals surface area contributed by atoms with Crippen LogP contribution in [0.3, 0.4) is 0 Å². The van der Waals surface area contributed by atoms with Gasteiger partial charge in [-0.3, -0.25) is 19.3 Å². The molecule has 0 bridgehead atoms. The molecule has 0 unspecified atom stereocenters. The van der Waals surface area contributed by atoms with Crippen LogP contribution in [0.4, 0.5) is 5.69 Å². The number of hydrogen-bond acceptors (Lipinski definition) is 7. The summed E-state index contributed by atoms with van der Waals surface area (Å²) in [6, 6.07) is 10.8. The number of amides is 3. The summed E-state index contributed by atoms with van der Waals surface area (Å²) in [5, 5.41) is 2.38. The van der Waals surface area contributed by atoms with Crippen molar-refractivity contribution in [2.45, 2.75) is 0 Å². The van der Waals surface area contributed by atoms with Crippen LogP contribution in [-0.2, 0) is 14.3 Å². The first-order valence-corrected chi connectivity index (χ1v) is 9.44. The summed E-state index contributed by atoms with van der Waals surface area (Å²) in [5.74, 6) is 1.08. The van der Waals surface area contributed by atoms with E-state index in [-0.39, 0.29) is 41.5 Å². The second-order valence-electron chi connectivity index (χ2n) is 6.26. The van der Waals surface area contributed by atoms with E-state index in [1.807, 2.05) is 11.8 Å². The number of nitrogens with one attached hydrogen (secondary N) is 1. The normalized spacial score (nSPS) is 9.58. The molecule has 0 aliphatic carbocycles. The van der Waals surface area contributed by atoms with Crippen molar-refractivity contribution in [3.8, 4) is 36.2 Å². The van der Waals surface area contributed by atoms with E-state index in [1.54, 1.807) is 30.3 Å². The summed E-state index contributed by atoms with van der Waals surface area (Å²) in [6.07, 6.45) is 10.3. The van der Waals surface area contributed by atoms with E-state index >= 15 is 0 Å². The summed E-state index contributed by atoms with van der Waals surface area (Å²) in [5.41, 5.74) is 0.284. The third-order valence-corrected chi connectivity index (χ3v) is 4.30. The molecule has 168 valence electrons. The van der Waals surface area contributed by atoms with Gasteiger partial charge < -0.3 is 19.5 Å². The van der Waals surface area contributed by atoms with Gasteiger partial charge >= 0.3 is 11.9 Å². The number of imide groups is 1. The van der Waals surface area contributed by atoms with Crippen molar-refractivity contribution in [2.24, 2.45) is 0 Å². The maximum atomic E-state index is 12.7. The summed E-state index contributed by atoms with van der Waals surface area (Å²) in [7, 11) is 2.51. The van der Waals surface area contributed by atoms with Gasteiger partial charge in [-0.25, -0.2) is 4.79 Å². The first-order chi connectivity index (χ1) is 15.9. The predicted octanol–water partition coefficient (Wildman–Crippen LogP) is 1.73. The number of hydrogen-bond donors (Lipinski definition) is 1. The SMILES string of the molecule is C#CC(=O)Nc1cc(OC)c(OCCN(C(=O)C#C)C(=O)c2ccccc2)cc1C(=O)OC. The van der Waals surface area contributed by atoms with Crippen molar-refractivity contribution in [3.05, 3.63) is 53.6 Å². The summed E-state index contributed by atoms with van der Waals surface area (Å²) in [6.45, 7) is -0.345. The average molecular weight is 448 g/mol. The van der Waals surface area contributed by atoms with Gasteiger partial charge in [0, 0.05) is 17.7 Å².